The zero-order chi connectivity index (χ0) is 9.84. The number of rotatable bonds is 4. The molecule has 0 aliphatic heterocycles. The Balaban J connectivity index is 2.65. The predicted octanol–water partition coefficient (Wildman–Crippen LogP) is 0.740. The summed E-state index contributed by atoms with van der Waals surface area (Å²) < 4.78 is 1.09. The molecule has 1 aromatic rings. The molecule has 4 N–H and O–H groups in total. The van der Waals surface area contributed by atoms with E-state index in [0.717, 1.165) is 9.22 Å². The maximum absolute atomic E-state index is 10.6. The van der Waals surface area contributed by atoms with Gasteiger partial charge in [-0.1, -0.05) is 0 Å². The van der Waals surface area contributed by atoms with Gasteiger partial charge in [-0.25, -0.2) is 4.98 Å². The highest BCUT2D eigenvalue weighted by atomic mass is 32.2. The average Bonchev–Trinajstić information content (AvgIpc) is 2.50. The van der Waals surface area contributed by atoms with E-state index >= 15 is 0 Å². The summed E-state index contributed by atoms with van der Waals surface area (Å²) in [5, 5.41) is 0.767. The van der Waals surface area contributed by atoms with Gasteiger partial charge < -0.3 is 11.5 Å². The Morgan fingerprint density at radius 3 is 3.00 bits per heavy atom. The molecule has 0 fully saturated rings. The molecular weight excluding hydrogens is 206 g/mol. The molecule has 72 valence electrons. The standard InChI is InChI=1S/C7H11N3OS2/c1-12-6-3-10-7(13-6)4(8)2-5(9)11/h3-4H,2,8H2,1H3,(H2,9,11)/t4-/m0/s1. The molecule has 0 saturated carbocycles. The van der Waals surface area contributed by atoms with Crippen LogP contribution in [0.1, 0.15) is 17.5 Å². The van der Waals surface area contributed by atoms with Crippen LogP contribution in [0.2, 0.25) is 0 Å². The number of nitrogens with two attached hydrogens (primary N) is 2. The fourth-order valence-corrected chi connectivity index (χ4v) is 2.24. The van der Waals surface area contributed by atoms with Crippen molar-refractivity contribution in [3.63, 3.8) is 0 Å². The van der Waals surface area contributed by atoms with Gasteiger partial charge in [0.25, 0.3) is 0 Å². The van der Waals surface area contributed by atoms with Crippen molar-refractivity contribution in [2.24, 2.45) is 11.5 Å². The van der Waals surface area contributed by atoms with E-state index in [1.807, 2.05) is 6.26 Å². The molecule has 0 bridgehead atoms. The highest BCUT2D eigenvalue weighted by Crippen LogP contribution is 2.26. The van der Waals surface area contributed by atoms with Crippen LogP contribution >= 0.6 is 23.1 Å². The molecule has 1 heterocycles. The lowest BCUT2D eigenvalue weighted by atomic mass is 10.2. The Hall–Kier alpha value is -0.590. The summed E-state index contributed by atoms with van der Waals surface area (Å²) in [4.78, 5) is 14.7. The number of primary amides is 1. The van der Waals surface area contributed by atoms with Gasteiger partial charge in [-0.3, -0.25) is 4.79 Å². The van der Waals surface area contributed by atoms with Crippen LogP contribution in [0.4, 0.5) is 0 Å². The van der Waals surface area contributed by atoms with Crippen LogP contribution in [0.5, 0.6) is 0 Å². The molecule has 4 nitrogen and oxygen atoms in total. The number of thioether (sulfide) groups is 1. The zero-order valence-corrected chi connectivity index (χ0v) is 8.82. The molecule has 0 saturated heterocycles. The summed E-state index contributed by atoms with van der Waals surface area (Å²) in [5.74, 6) is -0.395. The highest BCUT2D eigenvalue weighted by molar-refractivity contribution is 8.00. The number of hydrogen-bond acceptors (Lipinski definition) is 5. The normalized spacial score (nSPS) is 12.8. The first-order chi connectivity index (χ1) is 6.13. The topological polar surface area (TPSA) is 82.0 Å². The lowest BCUT2D eigenvalue weighted by Gasteiger charge is -2.03. The molecule has 0 aliphatic carbocycles. The fraction of sp³-hybridized carbons (Fsp3) is 0.429. The van der Waals surface area contributed by atoms with Crippen molar-refractivity contribution in [2.45, 2.75) is 16.7 Å². The lowest BCUT2D eigenvalue weighted by Crippen LogP contribution is -2.20. The molecular formula is C7H11N3OS2. The SMILES string of the molecule is CSc1cnc([C@@H](N)CC(N)=O)s1. The minimum atomic E-state index is -0.395. The minimum absolute atomic E-state index is 0.154. The third kappa shape index (κ3) is 2.98. The van der Waals surface area contributed by atoms with Crippen molar-refractivity contribution >= 4 is 29.0 Å². The number of carbonyl (C=O) groups excluding carboxylic acids is 1. The largest absolute Gasteiger partial charge is 0.370 e. The molecule has 1 rings (SSSR count). The van der Waals surface area contributed by atoms with Gasteiger partial charge in [-0.2, -0.15) is 0 Å². The molecule has 6 heteroatoms. The highest BCUT2D eigenvalue weighted by Gasteiger charge is 2.12. The first-order valence-corrected chi connectivity index (χ1v) is 5.71. The summed E-state index contributed by atoms with van der Waals surface area (Å²) in [5.41, 5.74) is 10.7. The maximum Gasteiger partial charge on any atom is 0.219 e. The number of carbonyl (C=O) groups is 1. The van der Waals surface area contributed by atoms with Crippen LogP contribution in [0.15, 0.2) is 10.4 Å². The molecule has 0 spiro atoms. The summed E-state index contributed by atoms with van der Waals surface area (Å²) in [6.07, 6.45) is 3.88. The Morgan fingerprint density at radius 2 is 2.54 bits per heavy atom. The Morgan fingerprint density at radius 1 is 1.85 bits per heavy atom. The van der Waals surface area contributed by atoms with Crippen molar-refractivity contribution in [3.05, 3.63) is 11.2 Å². The van der Waals surface area contributed by atoms with E-state index in [9.17, 15) is 4.79 Å². The van der Waals surface area contributed by atoms with Crippen LogP contribution in [0.25, 0.3) is 0 Å². The fourth-order valence-electron chi connectivity index (χ4n) is 0.842. The summed E-state index contributed by atoms with van der Waals surface area (Å²) in [7, 11) is 0. The van der Waals surface area contributed by atoms with Crippen molar-refractivity contribution in [2.75, 3.05) is 6.26 Å². The van der Waals surface area contributed by atoms with Crippen molar-refractivity contribution < 1.29 is 4.79 Å². The molecule has 1 amide bonds. The maximum atomic E-state index is 10.6. The third-order valence-corrected chi connectivity index (χ3v) is 3.62. The second-order valence-electron chi connectivity index (χ2n) is 2.50. The van der Waals surface area contributed by atoms with E-state index in [0.29, 0.717) is 0 Å². The Kier molecular flexibility index (Phi) is 3.71. The molecule has 0 radical (unpaired) electrons. The number of aromatic nitrogens is 1. The number of hydrogen-bond donors (Lipinski definition) is 2. The Bertz CT molecular complexity index is 300. The molecule has 0 unspecified atom stereocenters. The van der Waals surface area contributed by atoms with E-state index in [1.54, 1.807) is 18.0 Å². The smallest absolute Gasteiger partial charge is 0.219 e. The van der Waals surface area contributed by atoms with E-state index in [4.69, 9.17) is 11.5 Å². The number of nitrogens with zero attached hydrogens (tertiary/aromatic N) is 1. The van der Waals surface area contributed by atoms with Crippen LogP contribution < -0.4 is 11.5 Å². The van der Waals surface area contributed by atoms with Crippen LogP contribution in [-0.4, -0.2) is 17.1 Å². The van der Waals surface area contributed by atoms with E-state index in [-0.39, 0.29) is 12.5 Å². The monoisotopic (exact) mass is 217 g/mol. The van der Waals surface area contributed by atoms with Crippen LogP contribution in [0, 0.1) is 0 Å². The third-order valence-electron chi connectivity index (χ3n) is 1.44. The lowest BCUT2D eigenvalue weighted by molar-refractivity contribution is -0.118. The second kappa shape index (κ2) is 4.59. The second-order valence-corrected chi connectivity index (χ2v) is 4.67. The first kappa shape index (κ1) is 10.5. The van der Waals surface area contributed by atoms with Gasteiger partial charge >= 0.3 is 0 Å². The molecule has 0 aliphatic rings. The number of amides is 1. The summed E-state index contributed by atoms with van der Waals surface area (Å²) in [6, 6.07) is -0.358. The number of thiazole rings is 1. The van der Waals surface area contributed by atoms with Gasteiger partial charge in [0.2, 0.25) is 5.91 Å². The van der Waals surface area contributed by atoms with Gasteiger partial charge in [0.05, 0.1) is 16.4 Å². The van der Waals surface area contributed by atoms with Gasteiger partial charge in [0.1, 0.15) is 5.01 Å². The zero-order valence-electron chi connectivity index (χ0n) is 7.19. The summed E-state index contributed by atoms with van der Waals surface area (Å²) in [6.45, 7) is 0. The van der Waals surface area contributed by atoms with Crippen LogP contribution in [0.3, 0.4) is 0 Å². The van der Waals surface area contributed by atoms with Gasteiger partial charge in [0.15, 0.2) is 0 Å². The average molecular weight is 217 g/mol. The molecule has 13 heavy (non-hydrogen) atoms. The quantitative estimate of drug-likeness (QED) is 0.729. The van der Waals surface area contributed by atoms with Gasteiger partial charge in [-0.15, -0.1) is 23.1 Å². The van der Waals surface area contributed by atoms with Crippen molar-refractivity contribution in [1.82, 2.24) is 4.98 Å². The van der Waals surface area contributed by atoms with Crippen molar-refractivity contribution in [1.29, 1.82) is 0 Å². The summed E-state index contributed by atoms with van der Waals surface area (Å²) >= 11 is 3.11. The van der Waals surface area contributed by atoms with E-state index in [1.165, 1.54) is 11.3 Å². The van der Waals surface area contributed by atoms with Gasteiger partial charge in [-0.05, 0) is 6.26 Å². The van der Waals surface area contributed by atoms with E-state index < -0.39 is 5.91 Å². The Labute approximate surface area is 84.7 Å². The molecule has 1 aromatic heterocycles. The van der Waals surface area contributed by atoms with E-state index in [2.05, 4.69) is 4.98 Å². The minimum Gasteiger partial charge on any atom is -0.370 e. The van der Waals surface area contributed by atoms with Gasteiger partial charge in [0, 0.05) is 6.42 Å². The first-order valence-electron chi connectivity index (χ1n) is 3.67. The predicted molar refractivity (Wildman–Crippen MR) is 54.6 cm³/mol. The van der Waals surface area contributed by atoms with Crippen LogP contribution in [-0.2, 0) is 4.79 Å². The molecule has 1 atom stereocenters. The molecule has 0 aromatic carbocycles. The van der Waals surface area contributed by atoms with Crippen molar-refractivity contribution in [3.8, 4) is 0 Å².